The molecule has 1 saturated heterocycles. The Morgan fingerprint density at radius 1 is 1.50 bits per heavy atom. The molecule has 1 aromatic heterocycles. The van der Waals surface area contributed by atoms with Gasteiger partial charge in [-0.2, -0.15) is 0 Å². The molecule has 1 amide bonds. The van der Waals surface area contributed by atoms with Gasteiger partial charge in [0.1, 0.15) is 5.82 Å². The molecular formula is C10H13N3O. The lowest BCUT2D eigenvalue weighted by molar-refractivity contribution is -0.122. The fraction of sp³-hybridized carbons (Fsp3) is 0.400. The number of pyridine rings is 1. The summed E-state index contributed by atoms with van der Waals surface area (Å²) in [6.45, 7) is 0.676. The summed E-state index contributed by atoms with van der Waals surface area (Å²) in [5, 5.41) is 2.83. The second kappa shape index (κ2) is 3.65. The molecule has 0 aromatic carbocycles. The van der Waals surface area contributed by atoms with Crippen molar-refractivity contribution in [3.63, 3.8) is 0 Å². The van der Waals surface area contributed by atoms with E-state index in [1.807, 2.05) is 12.1 Å². The number of aromatic nitrogens is 1. The third kappa shape index (κ3) is 1.84. The minimum absolute atomic E-state index is 0.130. The number of amides is 1. The number of piperidine rings is 1. The number of carbonyl (C=O) groups excluding carboxylic acids is 1. The summed E-state index contributed by atoms with van der Waals surface area (Å²) in [5.41, 5.74) is 6.57. The molecule has 1 unspecified atom stereocenters. The van der Waals surface area contributed by atoms with Crippen LogP contribution in [-0.4, -0.2) is 17.4 Å². The van der Waals surface area contributed by atoms with Gasteiger partial charge in [-0.05, 0) is 18.6 Å². The number of nitrogens with zero attached hydrogens (tertiary/aromatic N) is 1. The number of nitrogens with two attached hydrogens (primary N) is 1. The zero-order valence-electron chi connectivity index (χ0n) is 7.86. The smallest absolute Gasteiger partial charge is 0.220 e. The van der Waals surface area contributed by atoms with Crippen molar-refractivity contribution in [1.82, 2.24) is 10.3 Å². The first-order valence-corrected chi connectivity index (χ1v) is 4.75. The van der Waals surface area contributed by atoms with Crippen molar-refractivity contribution in [2.24, 2.45) is 0 Å². The highest BCUT2D eigenvalue weighted by molar-refractivity contribution is 5.76. The Bertz CT molecular complexity index is 341. The average molecular weight is 191 g/mol. The molecule has 1 atom stereocenters. The summed E-state index contributed by atoms with van der Waals surface area (Å²) in [6, 6.07) is 5.62. The zero-order chi connectivity index (χ0) is 9.97. The number of hydrogen-bond acceptors (Lipinski definition) is 3. The maximum atomic E-state index is 11.0. The number of nitrogen functional groups attached to an aromatic ring is 1. The summed E-state index contributed by atoms with van der Waals surface area (Å²) in [4.78, 5) is 15.2. The van der Waals surface area contributed by atoms with Crippen LogP contribution < -0.4 is 11.1 Å². The lowest BCUT2D eigenvalue weighted by Gasteiger charge is -2.21. The lowest BCUT2D eigenvalue weighted by atomic mass is 9.95. The van der Waals surface area contributed by atoms with Crippen molar-refractivity contribution < 1.29 is 4.79 Å². The Morgan fingerprint density at radius 3 is 3.00 bits per heavy atom. The van der Waals surface area contributed by atoms with Crippen LogP contribution in [0.5, 0.6) is 0 Å². The van der Waals surface area contributed by atoms with Crippen molar-refractivity contribution in [2.75, 3.05) is 12.3 Å². The lowest BCUT2D eigenvalue weighted by Crippen LogP contribution is -2.34. The Labute approximate surface area is 82.5 Å². The second-order valence-electron chi connectivity index (χ2n) is 3.53. The van der Waals surface area contributed by atoms with Gasteiger partial charge >= 0.3 is 0 Å². The van der Waals surface area contributed by atoms with Crippen LogP contribution in [0.3, 0.4) is 0 Å². The largest absolute Gasteiger partial charge is 0.384 e. The van der Waals surface area contributed by atoms with Crippen LogP contribution in [0.4, 0.5) is 5.82 Å². The van der Waals surface area contributed by atoms with Crippen molar-refractivity contribution in [3.05, 3.63) is 23.9 Å². The van der Waals surface area contributed by atoms with Crippen molar-refractivity contribution in [1.29, 1.82) is 0 Å². The molecular weight excluding hydrogens is 178 g/mol. The highest BCUT2D eigenvalue weighted by atomic mass is 16.1. The van der Waals surface area contributed by atoms with Crippen LogP contribution >= 0.6 is 0 Å². The van der Waals surface area contributed by atoms with E-state index in [0.717, 1.165) is 12.1 Å². The minimum Gasteiger partial charge on any atom is -0.384 e. The van der Waals surface area contributed by atoms with E-state index in [4.69, 9.17) is 5.73 Å². The molecule has 4 nitrogen and oxygen atoms in total. The van der Waals surface area contributed by atoms with Gasteiger partial charge < -0.3 is 11.1 Å². The molecule has 74 valence electrons. The molecule has 1 aliphatic heterocycles. The normalized spacial score (nSPS) is 21.7. The van der Waals surface area contributed by atoms with Crippen LogP contribution in [-0.2, 0) is 4.79 Å². The number of hydrogen-bond donors (Lipinski definition) is 2. The molecule has 0 radical (unpaired) electrons. The monoisotopic (exact) mass is 191 g/mol. The predicted molar refractivity (Wildman–Crippen MR) is 53.6 cm³/mol. The standard InChI is InChI=1S/C10H13N3O/c11-9-3-1-2-8(13-9)7-4-5-10(14)12-6-7/h1-3,7H,4-6H2,(H2,11,13)(H,12,14). The van der Waals surface area contributed by atoms with E-state index >= 15 is 0 Å². The quantitative estimate of drug-likeness (QED) is 0.685. The number of nitrogens with one attached hydrogen (secondary N) is 1. The molecule has 1 fully saturated rings. The zero-order valence-corrected chi connectivity index (χ0v) is 7.86. The van der Waals surface area contributed by atoms with E-state index in [9.17, 15) is 4.79 Å². The van der Waals surface area contributed by atoms with Gasteiger partial charge in [-0.3, -0.25) is 4.79 Å². The molecule has 0 aliphatic carbocycles. The molecule has 0 saturated carbocycles. The van der Waals surface area contributed by atoms with Gasteiger partial charge in [-0.1, -0.05) is 6.07 Å². The van der Waals surface area contributed by atoms with Crippen LogP contribution in [0.2, 0.25) is 0 Å². The van der Waals surface area contributed by atoms with Crippen molar-refractivity contribution in [3.8, 4) is 0 Å². The van der Waals surface area contributed by atoms with Gasteiger partial charge in [-0.25, -0.2) is 4.98 Å². The molecule has 1 aromatic rings. The molecule has 0 bridgehead atoms. The highest BCUT2D eigenvalue weighted by Gasteiger charge is 2.20. The van der Waals surface area contributed by atoms with E-state index < -0.39 is 0 Å². The molecule has 1 aliphatic rings. The number of carbonyl (C=O) groups is 1. The first kappa shape index (κ1) is 8.99. The Balaban J connectivity index is 2.12. The molecule has 14 heavy (non-hydrogen) atoms. The topological polar surface area (TPSA) is 68.0 Å². The highest BCUT2D eigenvalue weighted by Crippen LogP contribution is 2.22. The van der Waals surface area contributed by atoms with Gasteiger partial charge in [0, 0.05) is 24.6 Å². The SMILES string of the molecule is Nc1cccc(C2CCC(=O)NC2)n1. The summed E-state index contributed by atoms with van der Waals surface area (Å²) in [6.07, 6.45) is 1.45. The summed E-state index contributed by atoms with van der Waals surface area (Å²) in [5.74, 6) is 0.987. The van der Waals surface area contributed by atoms with Gasteiger partial charge in [0.2, 0.25) is 5.91 Å². The first-order valence-electron chi connectivity index (χ1n) is 4.75. The summed E-state index contributed by atoms with van der Waals surface area (Å²) in [7, 11) is 0. The van der Waals surface area contributed by atoms with Crippen LogP contribution in [0.15, 0.2) is 18.2 Å². The maximum absolute atomic E-state index is 11.0. The number of anilines is 1. The molecule has 0 spiro atoms. The Morgan fingerprint density at radius 2 is 2.36 bits per heavy atom. The van der Waals surface area contributed by atoms with E-state index in [0.29, 0.717) is 24.7 Å². The molecule has 4 heteroatoms. The van der Waals surface area contributed by atoms with E-state index in [1.54, 1.807) is 6.07 Å². The Kier molecular flexibility index (Phi) is 2.35. The van der Waals surface area contributed by atoms with Gasteiger partial charge in [-0.15, -0.1) is 0 Å². The fourth-order valence-corrected chi connectivity index (χ4v) is 1.68. The number of rotatable bonds is 1. The third-order valence-corrected chi connectivity index (χ3v) is 2.48. The minimum atomic E-state index is 0.130. The van der Waals surface area contributed by atoms with Crippen molar-refractivity contribution in [2.45, 2.75) is 18.8 Å². The summed E-state index contributed by atoms with van der Waals surface area (Å²) >= 11 is 0. The molecule has 3 N–H and O–H groups in total. The van der Waals surface area contributed by atoms with Crippen LogP contribution in [0.1, 0.15) is 24.5 Å². The molecule has 2 heterocycles. The second-order valence-corrected chi connectivity index (χ2v) is 3.53. The summed E-state index contributed by atoms with van der Waals surface area (Å²) < 4.78 is 0. The van der Waals surface area contributed by atoms with E-state index in [2.05, 4.69) is 10.3 Å². The predicted octanol–water partition coefficient (Wildman–Crippen LogP) is 0.657. The van der Waals surface area contributed by atoms with E-state index in [-0.39, 0.29) is 5.91 Å². The molecule has 2 rings (SSSR count). The average Bonchev–Trinajstić information content (AvgIpc) is 2.19. The fourth-order valence-electron chi connectivity index (χ4n) is 1.68. The van der Waals surface area contributed by atoms with Crippen LogP contribution in [0, 0.1) is 0 Å². The van der Waals surface area contributed by atoms with Crippen LogP contribution in [0.25, 0.3) is 0 Å². The van der Waals surface area contributed by atoms with Gasteiger partial charge in [0.05, 0.1) is 0 Å². The Hall–Kier alpha value is -1.58. The third-order valence-electron chi connectivity index (χ3n) is 2.48. The van der Waals surface area contributed by atoms with Gasteiger partial charge in [0.25, 0.3) is 0 Å². The van der Waals surface area contributed by atoms with Gasteiger partial charge in [0.15, 0.2) is 0 Å². The van der Waals surface area contributed by atoms with E-state index in [1.165, 1.54) is 0 Å². The maximum Gasteiger partial charge on any atom is 0.220 e. The van der Waals surface area contributed by atoms with Crippen molar-refractivity contribution >= 4 is 11.7 Å². The first-order chi connectivity index (χ1) is 6.75.